The highest BCUT2D eigenvalue weighted by Gasteiger charge is 2.31. The van der Waals surface area contributed by atoms with Gasteiger partial charge in [-0.05, 0) is 58.4 Å². The van der Waals surface area contributed by atoms with Gasteiger partial charge in [0.1, 0.15) is 11.5 Å². The number of alkyl halides is 3. The van der Waals surface area contributed by atoms with E-state index in [1.54, 1.807) is 6.07 Å². The van der Waals surface area contributed by atoms with Gasteiger partial charge in [-0.25, -0.2) is 0 Å². The summed E-state index contributed by atoms with van der Waals surface area (Å²) in [6.07, 6.45) is -4.72. The van der Waals surface area contributed by atoms with Crippen LogP contribution in [-0.4, -0.2) is 11.5 Å². The van der Waals surface area contributed by atoms with E-state index in [1.807, 2.05) is 39.8 Å². The maximum atomic E-state index is 12.4. The Morgan fingerprint density at radius 2 is 1.42 bits per heavy atom. The van der Waals surface area contributed by atoms with Crippen LogP contribution in [0, 0.1) is 0 Å². The van der Waals surface area contributed by atoms with Crippen molar-refractivity contribution >= 4 is 0 Å². The number of rotatable bonds is 4. The number of hydrogen-bond donors (Lipinski definition) is 1. The van der Waals surface area contributed by atoms with Gasteiger partial charge in [0, 0.05) is 0 Å². The summed E-state index contributed by atoms with van der Waals surface area (Å²) in [5.74, 6) is 0.186. The third-order valence-corrected chi connectivity index (χ3v) is 3.81. The molecule has 0 amide bonds. The fourth-order valence-corrected chi connectivity index (χ4v) is 2.60. The maximum absolute atomic E-state index is 12.4. The summed E-state index contributed by atoms with van der Waals surface area (Å²) in [6.45, 7) is 7.86. The number of aromatic hydroxyl groups is 1. The molecule has 130 valence electrons. The molecule has 0 heterocycles. The zero-order chi connectivity index (χ0) is 18.1. The number of halogens is 3. The summed E-state index contributed by atoms with van der Waals surface area (Å²) in [6, 6.07) is 9.51. The first-order chi connectivity index (χ1) is 11.1. The van der Waals surface area contributed by atoms with Crippen LogP contribution in [0.4, 0.5) is 13.2 Å². The van der Waals surface area contributed by atoms with Gasteiger partial charge in [0.05, 0.1) is 0 Å². The van der Waals surface area contributed by atoms with Gasteiger partial charge in [-0.15, -0.1) is 13.2 Å². The lowest BCUT2D eigenvalue weighted by Crippen LogP contribution is -2.17. The fourth-order valence-electron chi connectivity index (χ4n) is 2.60. The van der Waals surface area contributed by atoms with Gasteiger partial charge in [-0.3, -0.25) is 0 Å². The molecular formula is C19H21F3O2. The number of phenols is 1. The van der Waals surface area contributed by atoms with Crippen molar-refractivity contribution in [2.75, 3.05) is 0 Å². The lowest BCUT2D eigenvalue weighted by molar-refractivity contribution is -0.274. The number of phenolic OH excluding ortho intramolecular Hbond substituents is 1. The molecule has 24 heavy (non-hydrogen) atoms. The first kappa shape index (κ1) is 18.2. The number of hydrogen-bond acceptors (Lipinski definition) is 2. The summed E-state index contributed by atoms with van der Waals surface area (Å²) in [5, 5.41) is 10.4. The lowest BCUT2D eigenvalue weighted by Gasteiger charge is -2.18. The largest absolute Gasteiger partial charge is 0.573 e. The fraction of sp³-hybridized carbons (Fsp3) is 0.368. The van der Waals surface area contributed by atoms with Crippen molar-refractivity contribution in [1.29, 1.82) is 0 Å². The van der Waals surface area contributed by atoms with Gasteiger partial charge in [0.15, 0.2) is 0 Å². The molecule has 0 aromatic heterocycles. The van der Waals surface area contributed by atoms with Crippen molar-refractivity contribution in [3.05, 3.63) is 47.5 Å². The van der Waals surface area contributed by atoms with Gasteiger partial charge in [-0.1, -0.05) is 39.8 Å². The minimum Gasteiger partial charge on any atom is -0.507 e. The van der Waals surface area contributed by atoms with Crippen molar-refractivity contribution < 1.29 is 23.0 Å². The molecule has 5 heteroatoms. The SMILES string of the molecule is CC(C)c1cc(-c2cccc(OC(F)(F)F)c2)cc(C(C)C)c1O. The topological polar surface area (TPSA) is 29.5 Å². The summed E-state index contributed by atoms with van der Waals surface area (Å²) >= 11 is 0. The van der Waals surface area contributed by atoms with E-state index >= 15 is 0 Å². The second kappa shape index (κ2) is 6.75. The Morgan fingerprint density at radius 3 is 1.88 bits per heavy atom. The lowest BCUT2D eigenvalue weighted by atomic mass is 9.89. The molecule has 2 rings (SSSR count). The first-order valence-electron chi connectivity index (χ1n) is 7.81. The molecule has 2 nitrogen and oxygen atoms in total. The van der Waals surface area contributed by atoms with Crippen molar-refractivity contribution in [3.63, 3.8) is 0 Å². The third kappa shape index (κ3) is 4.22. The van der Waals surface area contributed by atoms with Crippen LogP contribution in [0.15, 0.2) is 36.4 Å². The molecule has 0 saturated carbocycles. The molecule has 0 spiro atoms. The van der Waals surface area contributed by atoms with E-state index in [4.69, 9.17) is 0 Å². The Hall–Kier alpha value is -2.17. The van der Waals surface area contributed by atoms with Crippen LogP contribution in [-0.2, 0) is 0 Å². The van der Waals surface area contributed by atoms with E-state index in [2.05, 4.69) is 4.74 Å². The van der Waals surface area contributed by atoms with E-state index in [9.17, 15) is 18.3 Å². The standard InChI is InChI=1S/C19H21F3O2/c1-11(2)16-9-14(10-17(12(3)4)18(16)23)13-6-5-7-15(8-13)24-19(20,21)22/h5-12,23H,1-4H3. The minimum absolute atomic E-state index is 0.0945. The van der Waals surface area contributed by atoms with Gasteiger partial charge in [-0.2, -0.15) is 0 Å². The highest BCUT2D eigenvalue weighted by Crippen LogP contribution is 2.38. The molecular weight excluding hydrogens is 317 g/mol. The van der Waals surface area contributed by atoms with Gasteiger partial charge >= 0.3 is 6.36 Å². The van der Waals surface area contributed by atoms with Crippen molar-refractivity contribution in [2.24, 2.45) is 0 Å². The normalized spacial score (nSPS) is 12.0. The van der Waals surface area contributed by atoms with E-state index in [0.29, 0.717) is 5.56 Å². The Kier molecular flexibility index (Phi) is 5.11. The second-order valence-corrected chi connectivity index (χ2v) is 6.39. The molecule has 2 aromatic carbocycles. The highest BCUT2D eigenvalue weighted by atomic mass is 19.4. The molecule has 0 aliphatic rings. The molecule has 0 saturated heterocycles. The highest BCUT2D eigenvalue weighted by molar-refractivity contribution is 5.69. The Balaban J connectivity index is 2.54. The van der Waals surface area contributed by atoms with E-state index < -0.39 is 6.36 Å². The van der Waals surface area contributed by atoms with Gasteiger partial charge < -0.3 is 9.84 Å². The van der Waals surface area contributed by atoms with Crippen LogP contribution in [0.2, 0.25) is 0 Å². The van der Waals surface area contributed by atoms with Crippen LogP contribution in [0.1, 0.15) is 50.7 Å². The zero-order valence-electron chi connectivity index (χ0n) is 14.1. The zero-order valence-corrected chi connectivity index (χ0v) is 14.1. The third-order valence-electron chi connectivity index (χ3n) is 3.81. The molecule has 0 unspecified atom stereocenters. The van der Waals surface area contributed by atoms with Gasteiger partial charge in [0.2, 0.25) is 0 Å². The van der Waals surface area contributed by atoms with Crippen LogP contribution >= 0.6 is 0 Å². The monoisotopic (exact) mass is 338 g/mol. The molecule has 0 atom stereocenters. The first-order valence-corrected chi connectivity index (χ1v) is 7.81. The molecule has 0 radical (unpaired) electrons. The molecule has 0 aliphatic carbocycles. The van der Waals surface area contributed by atoms with Crippen molar-refractivity contribution in [2.45, 2.75) is 45.9 Å². The summed E-state index contributed by atoms with van der Waals surface area (Å²) in [4.78, 5) is 0. The average molecular weight is 338 g/mol. The second-order valence-electron chi connectivity index (χ2n) is 6.39. The Morgan fingerprint density at radius 1 is 0.875 bits per heavy atom. The molecule has 0 aliphatic heterocycles. The average Bonchev–Trinajstić information content (AvgIpc) is 2.45. The summed E-state index contributed by atoms with van der Waals surface area (Å²) in [7, 11) is 0. The number of benzene rings is 2. The smallest absolute Gasteiger partial charge is 0.507 e. The predicted molar refractivity (Wildman–Crippen MR) is 88.4 cm³/mol. The summed E-state index contributed by atoms with van der Waals surface area (Å²) in [5.41, 5.74) is 2.92. The van der Waals surface area contributed by atoms with Crippen molar-refractivity contribution in [3.8, 4) is 22.6 Å². The summed E-state index contributed by atoms with van der Waals surface area (Å²) < 4.78 is 41.2. The van der Waals surface area contributed by atoms with E-state index in [1.165, 1.54) is 18.2 Å². The minimum atomic E-state index is -4.72. The van der Waals surface area contributed by atoms with Crippen molar-refractivity contribution in [1.82, 2.24) is 0 Å². The predicted octanol–water partition coefficient (Wildman–Crippen LogP) is 6.20. The molecule has 0 fully saturated rings. The Bertz CT molecular complexity index is 690. The molecule has 2 aromatic rings. The number of ether oxygens (including phenoxy) is 1. The quantitative estimate of drug-likeness (QED) is 0.718. The molecule has 0 bridgehead atoms. The van der Waals surface area contributed by atoms with E-state index in [-0.39, 0.29) is 23.3 Å². The van der Waals surface area contributed by atoms with Crippen LogP contribution in [0.3, 0.4) is 0 Å². The Labute approximate surface area is 139 Å². The van der Waals surface area contributed by atoms with Crippen LogP contribution in [0.25, 0.3) is 11.1 Å². The van der Waals surface area contributed by atoms with Crippen LogP contribution in [0.5, 0.6) is 11.5 Å². The molecule has 1 N–H and O–H groups in total. The van der Waals surface area contributed by atoms with Gasteiger partial charge in [0.25, 0.3) is 0 Å². The van der Waals surface area contributed by atoms with Crippen LogP contribution < -0.4 is 4.74 Å². The maximum Gasteiger partial charge on any atom is 0.573 e. The van der Waals surface area contributed by atoms with E-state index in [0.717, 1.165) is 16.7 Å².